The lowest BCUT2D eigenvalue weighted by Crippen LogP contribution is -2.32. The molecule has 1 aromatic rings. The molecule has 1 atom stereocenters. The second kappa shape index (κ2) is 4.60. The fourth-order valence-corrected chi connectivity index (χ4v) is 1.91. The van der Waals surface area contributed by atoms with Gasteiger partial charge in [-0.25, -0.2) is 13.6 Å². The van der Waals surface area contributed by atoms with E-state index >= 15 is 0 Å². The van der Waals surface area contributed by atoms with Crippen molar-refractivity contribution in [2.75, 3.05) is 11.1 Å². The molecule has 0 radical (unpaired) electrons. The minimum Gasteiger partial charge on any atom is -0.396 e. The number of hydrogen-bond acceptors (Lipinski definition) is 5. The van der Waals surface area contributed by atoms with Crippen LogP contribution in [0.2, 0.25) is 0 Å². The van der Waals surface area contributed by atoms with E-state index in [-0.39, 0.29) is 10.6 Å². The van der Waals surface area contributed by atoms with Crippen molar-refractivity contribution in [1.29, 1.82) is 0 Å². The molecule has 1 amide bonds. The number of sulfonamides is 1. The summed E-state index contributed by atoms with van der Waals surface area (Å²) in [5.41, 5.74) is 11.0. The number of hydrogen-bond donors (Lipinski definition) is 4. The van der Waals surface area contributed by atoms with E-state index < -0.39 is 22.0 Å². The van der Waals surface area contributed by atoms with Gasteiger partial charge in [0, 0.05) is 0 Å². The molecule has 0 aliphatic heterocycles. The summed E-state index contributed by atoms with van der Waals surface area (Å²) >= 11 is 0. The smallest absolute Gasteiger partial charge is 0.240 e. The summed E-state index contributed by atoms with van der Waals surface area (Å²) in [4.78, 5) is 10.7. The molecule has 1 rings (SSSR count). The molecule has 7 N–H and O–H groups in total. The molecule has 94 valence electrons. The van der Waals surface area contributed by atoms with E-state index in [1.165, 1.54) is 25.1 Å². The van der Waals surface area contributed by atoms with Crippen molar-refractivity contribution >= 4 is 27.3 Å². The monoisotopic (exact) mass is 258 g/mol. The van der Waals surface area contributed by atoms with Crippen LogP contribution >= 0.6 is 0 Å². The van der Waals surface area contributed by atoms with Crippen molar-refractivity contribution in [2.45, 2.75) is 17.9 Å². The van der Waals surface area contributed by atoms with Gasteiger partial charge >= 0.3 is 0 Å². The highest BCUT2D eigenvalue weighted by Gasteiger charge is 2.16. The Bertz CT molecular complexity index is 541. The fraction of sp³-hybridized carbons (Fsp3) is 0.222. The van der Waals surface area contributed by atoms with Crippen molar-refractivity contribution < 1.29 is 13.2 Å². The van der Waals surface area contributed by atoms with Gasteiger partial charge in [-0.05, 0) is 19.1 Å². The van der Waals surface area contributed by atoms with E-state index in [4.69, 9.17) is 16.6 Å². The molecule has 0 aliphatic carbocycles. The molecule has 8 heteroatoms. The van der Waals surface area contributed by atoms with Crippen LogP contribution < -0.4 is 21.9 Å². The quantitative estimate of drug-likeness (QED) is 0.523. The Kier molecular flexibility index (Phi) is 3.59. The van der Waals surface area contributed by atoms with Crippen LogP contribution in [0.15, 0.2) is 23.1 Å². The Morgan fingerprint density at radius 2 is 2.00 bits per heavy atom. The summed E-state index contributed by atoms with van der Waals surface area (Å²) in [6.45, 7) is 1.53. The number of benzene rings is 1. The lowest BCUT2D eigenvalue weighted by atomic mass is 10.2. The molecule has 0 bridgehead atoms. The number of rotatable bonds is 4. The second-order valence-corrected chi connectivity index (χ2v) is 5.06. The molecule has 0 spiro atoms. The summed E-state index contributed by atoms with van der Waals surface area (Å²) in [6.07, 6.45) is 0. The van der Waals surface area contributed by atoms with E-state index in [1.54, 1.807) is 0 Å². The Morgan fingerprint density at radius 1 is 1.41 bits per heavy atom. The average Bonchev–Trinajstić information content (AvgIpc) is 2.19. The first-order chi connectivity index (χ1) is 7.73. The van der Waals surface area contributed by atoms with Gasteiger partial charge in [0.25, 0.3) is 0 Å². The van der Waals surface area contributed by atoms with Gasteiger partial charge in [0.15, 0.2) is 0 Å². The first-order valence-corrected chi connectivity index (χ1v) is 6.25. The average molecular weight is 258 g/mol. The number of anilines is 2. The topological polar surface area (TPSA) is 141 Å². The van der Waals surface area contributed by atoms with E-state index in [9.17, 15) is 13.2 Å². The maximum Gasteiger partial charge on any atom is 0.240 e. The first kappa shape index (κ1) is 13.3. The summed E-state index contributed by atoms with van der Waals surface area (Å²) in [5, 5.41) is 7.69. The second-order valence-electron chi connectivity index (χ2n) is 3.53. The number of primary amides is 1. The summed E-state index contributed by atoms with van der Waals surface area (Å²) < 4.78 is 22.4. The lowest BCUT2D eigenvalue weighted by Gasteiger charge is -2.15. The first-order valence-electron chi connectivity index (χ1n) is 4.70. The van der Waals surface area contributed by atoms with Crippen LogP contribution in [0.4, 0.5) is 11.4 Å². The molecule has 1 unspecified atom stereocenters. The molecule has 17 heavy (non-hydrogen) atoms. The molecule has 7 nitrogen and oxygen atoms in total. The van der Waals surface area contributed by atoms with Crippen LogP contribution in [0, 0.1) is 0 Å². The van der Waals surface area contributed by atoms with Gasteiger partial charge in [0.05, 0.1) is 11.4 Å². The normalized spacial score (nSPS) is 13.1. The van der Waals surface area contributed by atoms with Crippen molar-refractivity contribution in [3.8, 4) is 0 Å². The van der Waals surface area contributed by atoms with E-state index in [2.05, 4.69) is 5.32 Å². The fourth-order valence-electron chi connectivity index (χ4n) is 1.22. The third kappa shape index (κ3) is 3.08. The van der Waals surface area contributed by atoms with Gasteiger partial charge in [-0.2, -0.15) is 0 Å². The highest BCUT2D eigenvalue weighted by Crippen LogP contribution is 2.26. The molecule has 0 fully saturated rings. The molecular formula is C9H14N4O3S. The molecule has 1 aromatic carbocycles. The van der Waals surface area contributed by atoms with Crippen LogP contribution in [0.3, 0.4) is 0 Å². The molecule has 0 aliphatic rings. The van der Waals surface area contributed by atoms with Crippen molar-refractivity contribution in [2.24, 2.45) is 10.9 Å². The largest absolute Gasteiger partial charge is 0.396 e. The third-order valence-electron chi connectivity index (χ3n) is 2.17. The Hall–Kier alpha value is -1.80. The van der Waals surface area contributed by atoms with Gasteiger partial charge in [0.2, 0.25) is 15.9 Å². The van der Waals surface area contributed by atoms with E-state index in [0.717, 1.165) is 0 Å². The van der Waals surface area contributed by atoms with Crippen molar-refractivity contribution in [3.05, 3.63) is 18.2 Å². The van der Waals surface area contributed by atoms with Gasteiger partial charge in [-0.15, -0.1) is 0 Å². The van der Waals surface area contributed by atoms with Gasteiger partial charge in [0.1, 0.15) is 10.9 Å². The molecule has 0 saturated heterocycles. The Labute approximate surface area is 99.0 Å². The maximum absolute atomic E-state index is 11.2. The van der Waals surface area contributed by atoms with Crippen molar-refractivity contribution in [3.63, 3.8) is 0 Å². The van der Waals surface area contributed by atoms with Crippen LogP contribution in [0.5, 0.6) is 0 Å². The third-order valence-corrected chi connectivity index (χ3v) is 3.14. The number of carbonyl (C=O) groups excluding carboxylic acids is 1. The van der Waals surface area contributed by atoms with Crippen LogP contribution in [-0.2, 0) is 14.8 Å². The number of para-hydroxylation sites is 1. The Morgan fingerprint density at radius 3 is 2.47 bits per heavy atom. The number of primary sulfonamides is 1. The zero-order valence-corrected chi connectivity index (χ0v) is 9.99. The van der Waals surface area contributed by atoms with E-state index in [1.807, 2.05) is 0 Å². The van der Waals surface area contributed by atoms with Crippen LogP contribution in [-0.4, -0.2) is 20.4 Å². The zero-order chi connectivity index (χ0) is 13.2. The van der Waals surface area contributed by atoms with Crippen molar-refractivity contribution in [1.82, 2.24) is 0 Å². The summed E-state index contributed by atoms with van der Waals surface area (Å²) in [6, 6.07) is 3.61. The molecule has 0 saturated carbocycles. The predicted molar refractivity (Wildman–Crippen MR) is 64.5 cm³/mol. The molecule has 0 aromatic heterocycles. The minimum atomic E-state index is -3.89. The maximum atomic E-state index is 11.2. The number of nitrogens with two attached hydrogens (primary N) is 3. The summed E-state index contributed by atoms with van der Waals surface area (Å²) in [7, 11) is -3.89. The highest BCUT2D eigenvalue weighted by molar-refractivity contribution is 7.89. The SMILES string of the molecule is CC(Nc1cccc(S(N)(=O)=O)c1N)C(N)=O. The van der Waals surface area contributed by atoms with Gasteiger partial charge < -0.3 is 16.8 Å². The summed E-state index contributed by atoms with van der Waals surface area (Å²) in [5.74, 6) is -0.578. The standard InChI is InChI=1S/C9H14N4O3S/c1-5(9(11)14)13-6-3-2-4-7(8(6)10)17(12,15)16/h2-5,13H,10H2,1H3,(H2,11,14)(H2,12,15,16). The highest BCUT2D eigenvalue weighted by atomic mass is 32.2. The lowest BCUT2D eigenvalue weighted by molar-refractivity contribution is -0.118. The predicted octanol–water partition coefficient (Wildman–Crippen LogP) is -0.798. The number of carbonyl (C=O) groups is 1. The number of nitrogen functional groups attached to an aromatic ring is 1. The van der Waals surface area contributed by atoms with Gasteiger partial charge in [-0.1, -0.05) is 6.07 Å². The van der Waals surface area contributed by atoms with Gasteiger partial charge in [-0.3, -0.25) is 4.79 Å². The van der Waals surface area contributed by atoms with Crippen LogP contribution in [0.25, 0.3) is 0 Å². The zero-order valence-electron chi connectivity index (χ0n) is 9.17. The van der Waals surface area contributed by atoms with Crippen LogP contribution in [0.1, 0.15) is 6.92 Å². The molecular weight excluding hydrogens is 244 g/mol. The minimum absolute atomic E-state index is 0.0388. The Balaban J connectivity index is 3.16. The van der Waals surface area contributed by atoms with E-state index in [0.29, 0.717) is 5.69 Å². The number of nitrogens with one attached hydrogen (secondary N) is 1. The number of amides is 1. The molecule has 0 heterocycles.